The van der Waals surface area contributed by atoms with Crippen molar-refractivity contribution in [1.29, 1.82) is 0 Å². The first-order valence-corrected chi connectivity index (χ1v) is 18.1. The molecule has 0 spiro atoms. The summed E-state index contributed by atoms with van der Waals surface area (Å²) in [5, 5.41) is 8.30. The van der Waals surface area contributed by atoms with E-state index in [9.17, 15) is 4.39 Å². The van der Waals surface area contributed by atoms with Gasteiger partial charge in [0.25, 0.3) is 0 Å². The molecule has 264 valence electrons. The zero-order valence-corrected chi connectivity index (χ0v) is 31.5. The van der Waals surface area contributed by atoms with Gasteiger partial charge in [-0.05, 0) is 62.6 Å². The van der Waals surface area contributed by atoms with Crippen LogP contribution in [0.2, 0.25) is 0 Å². The van der Waals surface area contributed by atoms with Crippen LogP contribution >= 0.6 is 0 Å². The third kappa shape index (κ3) is 7.03. The number of halogens is 1. The second-order valence-corrected chi connectivity index (χ2v) is 14.0. The summed E-state index contributed by atoms with van der Waals surface area (Å²) in [6.45, 7) is 31.3. The molecule has 3 aromatic heterocycles. The van der Waals surface area contributed by atoms with E-state index in [2.05, 4.69) is 63.0 Å². The lowest BCUT2D eigenvalue weighted by molar-refractivity contribution is 0.228. The number of benzene rings is 1. The van der Waals surface area contributed by atoms with Gasteiger partial charge in [-0.25, -0.2) is 9.37 Å². The molecule has 4 heterocycles. The molecule has 1 saturated carbocycles. The van der Waals surface area contributed by atoms with Crippen LogP contribution in [0.1, 0.15) is 105 Å². The Morgan fingerprint density at radius 1 is 1.12 bits per heavy atom. The molecule has 2 aliphatic rings. The Morgan fingerprint density at radius 3 is 2.41 bits per heavy atom. The molecule has 0 bridgehead atoms. The highest BCUT2D eigenvalue weighted by Gasteiger charge is 2.60. The third-order valence-electron chi connectivity index (χ3n) is 10.5. The number of allylic oxidation sites excluding steroid dienone is 1. The molecule has 4 aromatic rings. The number of anilines is 1. The van der Waals surface area contributed by atoms with Crippen molar-refractivity contribution in [3.05, 3.63) is 84.2 Å². The van der Waals surface area contributed by atoms with Crippen LogP contribution in [0.25, 0.3) is 34.1 Å². The van der Waals surface area contributed by atoms with Crippen molar-refractivity contribution in [3.8, 4) is 22.4 Å². The monoisotopic (exact) mass is 667 g/mol. The van der Waals surface area contributed by atoms with Gasteiger partial charge in [-0.1, -0.05) is 92.8 Å². The van der Waals surface area contributed by atoms with Crippen LogP contribution in [-0.2, 0) is 5.54 Å². The van der Waals surface area contributed by atoms with Crippen molar-refractivity contribution < 1.29 is 4.39 Å². The van der Waals surface area contributed by atoms with E-state index in [0.29, 0.717) is 29.5 Å². The topological polar surface area (TPSA) is 84.4 Å². The lowest BCUT2D eigenvalue weighted by Gasteiger charge is -2.37. The molecular weight excluding hydrogens is 609 g/mol. The molecule has 1 aliphatic heterocycles. The van der Waals surface area contributed by atoms with Crippen LogP contribution in [0, 0.1) is 23.6 Å². The van der Waals surface area contributed by atoms with Crippen molar-refractivity contribution in [3.63, 3.8) is 0 Å². The second kappa shape index (κ2) is 14.8. The molecular formula is C41H58FN7. The van der Waals surface area contributed by atoms with Gasteiger partial charge in [0.1, 0.15) is 11.6 Å². The molecule has 8 heteroatoms. The Morgan fingerprint density at radius 2 is 1.82 bits per heavy atom. The number of aryl methyl sites for hydroxylation is 1. The van der Waals surface area contributed by atoms with Gasteiger partial charge in [-0.2, -0.15) is 9.61 Å². The van der Waals surface area contributed by atoms with Gasteiger partial charge in [0.15, 0.2) is 5.65 Å². The Bertz CT molecular complexity index is 1790. The van der Waals surface area contributed by atoms with E-state index in [0.717, 1.165) is 66.0 Å². The van der Waals surface area contributed by atoms with Gasteiger partial charge in [0.05, 0.1) is 23.1 Å². The fourth-order valence-electron chi connectivity index (χ4n) is 7.06. The van der Waals surface area contributed by atoms with Crippen molar-refractivity contribution in [2.45, 2.75) is 107 Å². The molecule has 49 heavy (non-hydrogen) atoms. The Balaban J connectivity index is 0.00000130. The zero-order chi connectivity index (χ0) is 36.3. The van der Waals surface area contributed by atoms with Crippen molar-refractivity contribution in [2.24, 2.45) is 16.6 Å². The van der Waals surface area contributed by atoms with Crippen LogP contribution in [0.4, 0.5) is 10.2 Å². The average molecular weight is 668 g/mol. The molecule has 0 radical (unpaired) electrons. The fraction of sp³-hybridized carbons (Fsp3) is 0.488. The number of aromatic nitrogens is 4. The van der Waals surface area contributed by atoms with Crippen LogP contribution < -0.4 is 11.1 Å². The summed E-state index contributed by atoms with van der Waals surface area (Å²) in [5.41, 5.74) is 14.4. The maximum Gasteiger partial charge on any atom is 0.165 e. The number of nitrogens with zero attached hydrogens (tertiary/aromatic N) is 5. The fourth-order valence-corrected chi connectivity index (χ4v) is 7.06. The summed E-state index contributed by atoms with van der Waals surface area (Å²) in [6.07, 6.45) is 9.20. The first-order valence-electron chi connectivity index (χ1n) is 18.1. The highest BCUT2D eigenvalue weighted by atomic mass is 19.1. The first-order chi connectivity index (χ1) is 23.4. The summed E-state index contributed by atoms with van der Waals surface area (Å²) in [6, 6.07) is 9.53. The van der Waals surface area contributed by atoms with Gasteiger partial charge >= 0.3 is 0 Å². The molecule has 1 saturated heterocycles. The standard InChI is InChI=1S/C37H46FN7.2C2H6/c1-9-27-32(37(39)16-17-44(24(5)35(6,7)10-2)31-19-36(31,8)22-37)43-34-28(21-42-45(34)33(27)40-11-3)26-14-15-30(41-20-26)25-13-12-23(4)29(38)18-25;2*1-2/h9,12-15,18,20-21,31,40H,1,5,10-11,16-17,19,22,39H2,2-4,6-8H3;2*1-2H3. The van der Waals surface area contributed by atoms with E-state index in [-0.39, 0.29) is 16.6 Å². The smallest absolute Gasteiger partial charge is 0.165 e. The van der Waals surface area contributed by atoms with Crippen molar-refractivity contribution in [1.82, 2.24) is 24.5 Å². The minimum Gasteiger partial charge on any atom is -0.371 e. The van der Waals surface area contributed by atoms with Gasteiger partial charge in [0, 0.05) is 58.7 Å². The number of nitrogens with two attached hydrogens (primary N) is 1. The van der Waals surface area contributed by atoms with E-state index in [1.165, 1.54) is 11.8 Å². The van der Waals surface area contributed by atoms with Gasteiger partial charge < -0.3 is 16.0 Å². The SMILES string of the molecule is C=Cc1c(C2(N)CCN(C(=C)C(C)(C)CC)C3CC3(C)C2)nc2c(-c3ccc(-c4ccc(C)c(F)c4)nc3)cnn2c1NCC.CC.CC. The zero-order valence-electron chi connectivity index (χ0n) is 31.5. The molecule has 3 unspecified atom stereocenters. The minimum atomic E-state index is -0.677. The summed E-state index contributed by atoms with van der Waals surface area (Å²) < 4.78 is 16.1. The number of rotatable bonds is 9. The lowest BCUT2D eigenvalue weighted by Crippen LogP contribution is -2.42. The Labute approximate surface area is 293 Å². The van der Waals surface area contributed by atoms with Crippen molar-refractivity contribution in [2.75, 3.05) is 18.4 Å². The number of hydrogen-bond donors (Lipinski definition) is 2. The molecule has 3 N–H and O–H groups in total. The van der Waals surface area contributed by atoms with Crippen LogP contribution in [0.15, 0.2) is 61.6 Å². The molecule has 1 aliphatic carbocycles. The molecule has 7 nitrogen and oxygen atoms in total. The summed E-state index contributed by atoms with van der Waals surface area (Å²) in [5.74, 6) is 0.590. The predicted octanol–water partition coefficient (Wildman–Crippen LogP) is 10.0. The summed E-state index contributed by atoms with van der Waals surface area (Å²) in [7, 11) is 0. The van der Waals surface area contributed by atoms with Crippen LogP contribution in [-0.4, -0.2) is 43.6 Å². The lowest BCUT2D eigenvalue weighted by atomic mass is 9.80. The number of pyridine rings is 1. The number of hydrogen-bond acceptors (Lipinski definition) is 6. The van der Waals surface area contributed by atoms with E-state index in [1.807, 2.05) is 62.7 Å². The average Bonchev–Trinajstić information content (AvgIpc) is 3.59. The van der Waals surface area contributed by atoms with E-state index < -0.39 is 5.54 Å². The Kier molecular flexibility index (Phi) is 11.4. The quantitative estimate of drug-likeness (QED) is 0.185. The van der Waals surface area contributed by atoms with E-state index in [1.54, 1.807) is 19.2 Å². The predicted molar refractivity (Wildman–Crippen MR) is 205 cm³/mol. The maximum absolute atomic E-state index is 14.3. The second-order valence-electron chi connectivity index (χ2n) is 14.0. The highest BCUT2D eigenvalue weighted by molar-refractivity contribution is 5.81. The molecule has 3 atom stereocenters. The Hall–Kier alpha value is -4.04. The third-order valence-corrected chi connectivity index (χ3v) is 10.5. The van der Waals surface area contributed by atoms with Crippen molar-refractivity contribution >= 4 is 17.5 Å². The minimum absolute atomic E-state index is 0.0243. The van der Waals surface area contributed by atoms with Gasteiger partial charge in [-0.3, -0.25) is 4.98 Å². The number of fused-ring (bicyclic) bond motifs is 2. The maximum atomic E-state index is 14.3. The highest BCUT2D eigenvalue weighted by Crippen LogP contribution is 2.60. The summed E-state index contributed by atoms with van der Waals surface area (Å²) >= 11 is 0. The van der Waals surface area contributed by atoms with E-state index in [4.69, 9.17) is 15.8 Å². The molecule has 0 amide bonds. The largest absolute Gasteiger partial charge is 0.371 e. The normalized spacial score (nSPS) is 21.4. The van der Waals surface area contributed by atoms with E-state index >= 15 is 0 Å². The molecule has 2 fully saturated rings. The molecule has 1 aromatic carbocycles. The number of likely N-dealkylation sites (tertiary alicyclic amines) is 1. The molecule has 6 rings (SSSR count). The number of nitrogens with one attached hydrogen (secondary N) is 1. The van der Waals surface area contributed by atoms with Gasteiger partial charge in [0.2, 0.25) is 0 Å². The summed E-state index contributed by atoms with van der Waals surface area (Å²) in [4.78, 5) is 12.6. The first kappa shape index (κ1) is 37.8. The van der Waals surface area contributed by atoms with Gasteiger partial charge in [-0.15, -0.1) is 0 Å². The van der Waals surface area contributed by atoms with Crippen LogP contribution in [0.3, 0.4) is 0 Å². The van der Waals surface area contributed by atoms with Crippen LogP contribution in [0.5, 0.6) is 0 Å².